The van der Waals surface area contributed by atoms with E-state index < -0.39 is 12.1 Å². The summed E-state index contributed by atoms with van der Waals surface area (Å²) in [6.45, 7) is 3.19. The van der Waals surface area contributed by atoms with Crippen molar-refractivity contribution >= 4 is 11.8 Å². The van der Waals surface area contributed by atoms with Gasteiger partial charge >= 0.3 is 0 Å². The standard InChI is InChI=1S/C26H32N2O7/c1-7-18(27-14(2)29)26(31)28-19-10-8-15-12-22(33-4)24(34-5)25(35-6)23(15)16-9-11-21(32-3)20(30)13-17(16)19/h9,11-13,18-19H,7-8,10H2,1-6H3,(H,27,29)(H,28,31)/t18-,19+/m1/s1. The third-order valence-corrected chi connectivity index (χ3v) is 6.14. The lowest BCUT2D eigenvalue weighted by atomic mass is 9.95. The summed E-state index contributed by atoms with van der Waals surface area (Å²) in [6.07, 6.45) is 1.50. The summed E-state index contributed by atoms with van der Waals surface area (Å²) in [4.78, 5) is 37.6. The summed E-state index contributed by atoms with van der Waals surface area (Å²) in [7, 11) is 6.06. The Bertz CT molecular complexity index is 1180. The third-order valence-electron chi connectivity index (χ3n) is 6.14. The second kappa shape index (κ2) is 11.1. The average molecular weight is 485 g/mol. The fourth-order valence-electron chi connectivity index (χ4n) is 4.49. The van der Waals surface area contributed by atoms with Crippen molar-refractivity contribution in [3.05, 3.63) is 45.6 Å². The van der Waals surface area contributed by atoms with E-state index in [-0.39, 0.29) is 23.0 Å². The first-order chi connectivity index (χ1) is 16.8. The van der Waals surface area contributed by atoms with Crippen molar-refractivity contribution in [2.45, 2.75) is 45.2 Å². The Morgan fingerprint density at radius 2 is 1.69 bits per heavy atom. The first-order valence-electron chi connectivity index (χ1n) is 11.4. The Balaban J connectivity index is 2.25. The predicted octanol–water partition coefficient (Wildman–Crippen LogP) is 2.77. The van der Waals surface area contributed by atoms with Gasteiger partial charge in [0.1, 0.15) is 6.04 Å². The minimum absolute atomic E-state index is 0.175. The number of aryl methyl sites for hydroxylation is 1. The molecule has 0 aliphatic heterocycles. The fraction of sp³-hybridized carbons (Fsp3) is 0.423. The minimum atomic E-state index is -0.685. The van der Waals surface area contributed by atoms with Gasteiger partial charge in [0.05, 0.1) is 34.5 Å². The highest BCUT2D eigenvalue weighted by Crippen LogP contribution is 2.50. The molecule has 0 fully saturated rings. The molecule has 9 nitrogen and oxygen atoms in total. The van der Waals surface area contributed by atoms with Crippen LogP contribution in [0.2, 0.25) is 0 Å². The van der Waals surface area contributed by atoms with Gasteiger partial charge in [0, 0.05) is 12.5 Å². The van der Waals surface area contributed by atoms with Crippen LogP contribution in [-0.4, -0.2) is 46.3 Å². The summed E-state index contributed by atoms with van der Waals surface area (Å²) in [5.41, 5.74) is 2.68. The zero-order valence-electron chi connectivity index (χ0n) is 20.9. The average Bonchev–Trinajstić information content (AvgIpc) is 3.09. The van der Waals surface area contributed by atoms with Crippen LogP contribution in [0.25, 0.3) is 11.1 Å². The molecule has 0 unspecified atom stereocenters. The molecule has 0 spiro atoms. The van der Waals surface area contributed by atoms with Gasteiger partial charge in [-0.3, -0.25) is 14.4 Å². The molecule has 2 atom stereocenters. The van der Waals surface area contributed by atoms with Crippen LogP contribution in [0.15, 0.2) is 29.1 Å². The lowest BCUT2D eigenvalue weighted by Crippen LogP contribution is -2.46. The molecule has 3 rings (SSSR count). The molecule has 1 aliphatic carbocycles. The second-order valence-electron chi connectivity index (χ2n) is 8.22. The first kappa shape index (κ1) is 25.9. The number of ether oxygens (including phenoxy) is 4. The number of carbonyl (C=O) groups excluding carboxylic acids is 2. The monoisotopic (exact) mass is 484 g/mol. The van der Waals surface area contributed by atoms with Crippen LogP contribution in [0.1, 0.15) is 43.9 Å². The topological polar surface area (TPSA) is 112 Å². The lowest BCUT2D eigenvalue weighted by Gasteiger charge is -2.22. The van der Waals surface area contributed by atoms with Crippen molar-refractivity contribution in [3.63, 3.8) is 0 Å². The summed E-state index contributed by atoms with van der Waals surface area (Å²) in [6, 6.07) is 5.59. The number of carbonyl (C=O) groups is 2. The fourth-order valence-corrected chi connectivity index (χ4v) is 4.49. The highest BCUT2D eigenvalue weighted by atomic mass is 16.5. The van der Waals surface area contributed by atoms with Crippen LogP contribution in [0, 0.1) is 0 Å². The molecule has 9 heteroatoms. The van der Waals surface area contributed by atoms with E-state index in [1.165, 1.54) is 27.2 Å². The van der Waals surface area contributed by atoms with E-state index in [1.807, 2.05) is 13.0 Å². The smallest absolute Gasteiger partial charge is 0.243 e. The van der Waals surface area contributed by atoms with E-state index in [9.17, 15) is 14.4 Å². The maximum Gasteiger partial charge on any atom is 0.243 e. The molecule has 0 heterocycles. The summed E-state index contributed by atoms with van der Waals surface area (Å²) in [5.74, 6) is 0.984. The maximum atomic E-state index is 13.1. The van der Waals surface area contributed by atoms with Gasteiger partial charge in [-0.1, -0.05) is 13.0 Å². The van der Waals surface area contributed by atoms with Crippen molar-refractivity contribution in [2.75, 3.05) is 28.4 Å². The zero-order chi connectivity index (χ0) is 25.7. The Kier molecular flexibility index (Phi) is 8.22. The van der Waals surface area contributed by atoms with Crippen LogP contribution in [0.5, 0.6) is 23.0 Å². The van der Waals surface area contributed by atoms with E-state index in [1.54, 1.807) is 26.4 Å². The van der Waals surface area contributed by atoms with E-state index in [0.29, 0.717) is 47.6 Å². The summed E-state index contributed by atoms with van der Waals surface area (Å²) in [5, 5.41) is 5.72. The number of rotatable bonds is 8. The van der Waals surface area contributed by atoms with E-state index in [0.717, 1.165) is 11.1 Å². The lowest BCUT2D eigenvalue weighted by molar-refractivity contribution is -0.128. The van der Waals surface area contributed by atoms with Gasteiger partial charge < -0.3 is 29.6 Å². The van der Waals surface area contributed by atoms with Crippen LogP contribution in [0.4, 0.5) is 0 Å². The van der Waals surface area contributed by atoms with E-state index in [4.69, 9.17) is 18.9 Å². The largest absolute Gasteiger partial charge is 0.493 e. The Labute approximate surface area is 204 Å². The van der Waals surface area contributed by atoms with Gasteiger partial charge in [0.15, 0.2) is 17.2 Å². The number of amides is 2. The van der Waals surface area contributed by atoms with Gasteiger partial charge in [-0.15, -0.1) is 0 Å². The minimum Gasteiger partial charge on any atom is -0.493 e. The van der Waals surface area contributed by atoms with Crippen LogP contribution < -0.4 is 35.0 Å². The molecule has 2 aromatic rings. The summed E-state index contributed by atoms with van der Waals surface area (Å²) >= 11 is 0. The third kappa shape index (κ3) is 5.18. The second-order valence-corrected chi connectivity index (χ2v) is 8.22. The first-order valence-corrected chi connectivity index (χ1v) is 11.4. The number of hydrogen-bond acceptors (Lipinski definition) is 7. The van der Waals surface area contributed by atoms with Crippen LogP contribution >= 0.6 is 0 Å². The van der Waals surface area contributed by atoms with E-state index in [2.05, 4.69) is 10.6 Å². The predicted molar refractivity (Wildman–Crippen MR) is 131 cm³/mol. The summed E-state index contributed by atoms with van der Waals surface area (Å²) < 4.78 is 22.2. The molecule has 35 heavy (non-hydrogen) atoms. The number of methoxy groups -OCH3 is 4. The SMILES string of the molecule is CC[C@@H](NC(C)=O)C(=O)N[C@H]1CCc2cc(OC)c(OC)c(OC)c2-c2ccc(OC)c(=O)cc21. The zero-order valence-corrected chi connectivity index (χ0v) is 20.9. The van der Waals surface area contributed by atoms with Crippen LogP contribution in [0.3, 0.4) is 0 Å². The Morgan fingerprint density at radius 3 is 2.26 bits per heavy atom. The number of nitrogens with one attached hydrogen (secondary N) is 2. The van der Waals surface area contributed by atoms with Crippen molar-refractivity contribution in [3.8, 4) is 34.1 Å². The molecule has 188 valence electrons. The normalized spacial score (nSPS) is 15.0. The molecule has 2 amide bonds. The number of hydrogen-bond donors (Lipinski definition) is 2. The number of benzene rings is 1. The Morgan fingerprint density at radius 1 is 1.00 bits per heavy atom. The van der Waals surface area contributed by atoms with Crippen LogP contribution in [-0.2, 0) is 16.0 Å². The van der Waals surface area contributed by atoms with Crippen molar-refractivity contribution < 1.29 is 28.5 Å². The molecule has 0 radical (unpaired) electrons. The molecule has 1 aliphatic rings. The van der Waals surface area contributed by atoms with Crippen molar-refractivity contribution in [2.24, 2.45) is 0 Å². The van der Waals surface area contributed by atoms with Gasteiger partial charge in [0.25, 0.3) is 0 Å². The molecular weight excluding hydrogens is 452 g/mol. The molecule has 2 N–H and O–H groups in total. The van der Waals surface area contributed by atoms with Crippen molar-refractivity contribution in [1.82, 2.24) is 10.6 Å². The van der Waals surface area contributed by atoms with Crippen molar-refractivity contribution in [1.29, 1.82) is 0 Å². The van der Waals surface area contributed by atoms with E-state index >= 15 is 0 Å². The molecule has 0 aromatic heterocycles. The van der Waals surface area contributed by atoms with Gasteiger partial charge in [-0.05, 0) is 54.2 Å². The Hall–Kier alpha value is -3.75. The van der Waals surface area contributed by atoms with Gasteiger partial charge in [-0.25, -0.2) is 0 Å². The van der Waals surface area contributed by atoms with Gasteiger partial charge in [-0.2, -0.15) is 0 Å². The number of fused-ring (bicyclic) bond motifs is 3. The van der Waals surface area contributed by atoms with Gasteiger partial charge in [0.2, 0.25) is 23.0 Å². The molecule has 0 saturated heterocycles. The molecule has 0 saturated carbocycles. The highest BCUT2D eigenvalue weighted by Gasteiger charge is 2.31. The quantitative estimate of drug-likeness (QED) is 0.593. The maximum absolute atomic E-state index is 13.1. The molecule has 0 bridgehead atoms. The highest BCUT2D eigenvalue weighted by molar-refractivity contribution is 5.88. The molecular formula is C26H32N2O7. The molecule has 2 aromatic carbocycles.